The van der Waals surface area contributed by atoms with Crippen LogP contribution in [-0.4, -0.2) is 21.3 Å². The van der Waals surface area contributed by atoms with Gasteiger partial charge in [-0.05, 0) is 18.6 Å². The molecule has 0 aliphatic rings. The summed E-state index contributed by atoms with van der Waals surface area (Å²) in [6.07, 6.45) is -0.305. The second-order valence-corrected chi connectivity index (χ2v) is 3.49. The van der Waals surface area contributed by atoms with Crippen LogP contribution in [0.3, 0.4) is 0 Å². The second-order valence-electron chi connectivity index (χ2n) is 3.49. The van der Waals surface area contributed by atoms with Gasteiger partial charge in [0.1, 0.15) is 0 Å². The second kappa shape index (κ2) is 5.85. The maximum Gasteiger partial charge on any atom is 0.183 e. The fraction of sp³-hybridized carbons (Fsp3) is 0.500. The van der Waals surface area contributed by atoms with E-state index in [4.69, 9.17) is 14.2 Å². The average molecular weight is 210 g/mol. The molecule has 0 atom stereocenters. The molecule has 0 bridgehead atoms. The van der Waals surface area contributed by atoms with Crippen molar-refractivity contribution >= 4 is 0 Å². The molecule has 1 rings (SSSR count). The molecule has 0 heterocycles. The SMILES string of the molecule is COCc1cc(C)cc(C(OC)OC)c1. The summed E-state index contributed by atoms with van der Waals surface area (Å²) in [5.41, 5.74) is 3.33. The van der Waals surface area contributed by atoms with Gasteiger partial charge in [0.25, 0.3) is 0 Å². The molecular formula is C12H18O3. The van der Waals surface area contributed by atoms with Gasteiger partial charge in [-0.3, -0.25) is 0 Å². The largest absolute Gasteiger partial charge is 0.380 e. The molecule has 0 fully saturated rings. The molecule has 0 aromatic heterocycles. The maximum absolute atomic E-state index is 5.21. The van der Waals surface area contributed by atoms with Crippen molar-refractivity contribution in [1.29, 1.82) is 0 Å². The van der Waals surface area contributed by atoms with Crippen LogP contribution in [0.25, 0.3) is 0 Å². The van der Waals surface area contributed by atoms with Gasteiger partial charge in [0.05, 0.1) is 6.61 Å². The highest BCUT2D eigenvalue weighted by Gasteiger charge is 2.10. The summed E-state index contributed by atoms with van der Waals surface area (Å²) in [5, 5.41) is 0. The van der Waals surface area contributed by atoms with Gasteiger partial charge in [0.15, 0.2) is 6.29 Å². The van der Waals surface area contributed by atoms with Crippen molar-refractivity contribution < 1.29 is 14.2 Å². The average Bonchev–Trinajstić information content (AvgIpc) is 2.19. The Morgan fingerprint density at radius 3 is 2.27 bits per heavy atom. The Morgan fingerprint density at radius 1 is 1.07 bits per heavy atom. The predicted octanol–water partition coefficient (Wildman–Crippen LogP) is 2.43. The lowest BCUT2D eigenvalue weighted by Crippen LogP contribution is -2.05. The molecule has 0 aliphatic carbocycles. The van der Waals surface area contributed by atoms with E-state index < -0.39 is 0 Å². The van der Waals surface area contributed by atoms with Crippen LogP contribution in [0.2, 0.25) is 0 Å². The Hall–Kier alpha value is -0.900. The van der Waals surface area contributed by atoms with Crippen LogP contribution >= 0.6 is 0 Å². The highest BCUT2D eigenvalue weighted by atomic mass is 16.7. The lowest BCUT2D eigenvalue weighted by atomic mass is 10.1. The van der Waals surface area contributed by atoms with E-state index in [1.54, 1.807) is 21.3 Å². The summed E-state index contributed by atoms with van der Waals surface area (Å²) in [4.78, 5) is 0. The number of rotatable bonds is 5. The minimum Gasteiger partial charge on any atom is -0.380 e. The highest BCUT2D eigenvalue weighted by molar-refractivity contribution is 5.29. The van der Waals surface area contributed by atoms with Crippen LogP contribution in [0, 0.1) is 6.92 Å². The number of hydrogen-bond donors (Lipinski definition) is 0. The van der Waals surface area contributed by atoms with Gasteiger partial charge in [-0.2, -0.15) is 0 Å². The number of aryl methyl sites for hydroxylation is 1. The summed E-state index contributed by atoms with van der Waals surface area (Å²) in [6, 6.07) is 6.18. The van der Waals surface area contributed by atoms with Gasteiger partial charge < -0.3 is 14.2 Å². The van der Waals surface area contributed by atoms with Gasteiger partial charge in [-0.1, -0.05) is 17.7 Å². The Morgan fingerprint density at radius 2 is 1.73 bits per heavy atom. The molecule has 1 aromatic carbocycles. The van der Waals surface area contributed by atoms with Crippen LogP contribution < -0.4 is 0 Å². The Bertz CT molecular complexity index is 306. The van der Waals surface area contributed by atoms with Crippen molar-refractivity contribution in [3.8, 4) is 0 Å². The quantitative estimate of drug-likeness (QED) is 0.698. The Labute approximate surface area is 91.0 Å². The monoisotopic (exact) mass is 210 g/mol. The summed E-state index contributed by atoms with van der Waals surface area (Å²) in [7, 11) is 4.95. The molecule has 15 heavy (non-hydrogen) atoms. The van der Waals surface area contributed by atoms with Crippen LogP contribution in [0.15, 0.2) is 18.2 Å². The van der Waals surface area contributed by atoms with Crippen molar-refractivity contribution in [3.63, 3.8) is 0 Å². The third-order valence-corrected chi connectivity index (χ3v) is 2.17. The van der Waals surface area contributed by atoms with Crippen molar-refractivity contribution in [2.45, 2.75) is 19.8 Å². The molecule has 0 amide bonds. The molecule has 0 spiro atoms. The summed E-state index contributed by atoms with van der Waals surface area (Å²) in [6.45, 7) is 2.65. The van der Waals surface area contributed by atoms with Gasteiger partial charge >= 0.3 is 0 Å². The maximum atomic E-state index is 5.21. The van der Waals surface area contributed by atoms with E-state index in [1.165, 1.54) is 5.56 Å². The van der Waals surface area contributed by atoms with Crippen LogP contribution in [-0.2, 0) is 20.8 Å². The first-order valence-corrected chi connectivity index (χ1v) is 4.86. The lowest BCUT2D eigenvalue weighted by Gasteiger charge is -2.15. The van der Waals surface area contributed by atoms with Crippen LogP contribution in [0.4, 0.5) is 0 Å². The molecule has 0 radical (unpaired) electrons. The normalized spacial score (nSPS) is 11.0. The molecule has 0 aliphatic heterocycles. The van der Waals surface area contributed by atoms with Gasteiger partial charge in [-0.15, -0.1) is 0 Å². The van der Waals surface area contributed by atoms with E-state index in [0.29, 0.717) is 6.61 Å². The molecule has 0 unspecified atom stereocenters. The fourth-order valence-corrected chi connectivity index (χ4v) is 1.65. The van der Waals surface area contributed by atoms with Crippen molar-refractivity contribution in [3.05, 3.63) is 34.9 Å². The zero-order chi connectivity index (χ0) is 11.3. The fourth-order valence-electron chi connectivity index (χ4n) is 1.65. The molecule has 84 valence electrons. The Balaban J connectivity index is 2.96. The molecule has 0 saturated heterocycles. The van der Waals surface area contributed by atoms with Crippen molar-refractivity contribution in [1.82, 2.24) is 0 Å². The lowest BCUT2D eigenvalue weighted by molar-refractivity contribution is -0.106. The zero-order valence-corrected chi connectivity index (χ0v) is 9.74. The summed E-state index contributed by atoms with van der Waals surface area (Å²) in [5.74, 6) is 0. The number of ether oxygens (including phenoxy) is 3. The van der Waals surface area contributed by atoms with Gasteiger partial charge in [0.2, 0.25) is 0 Å². The minimum absolute atomic E-state index is 0.305. The number of hydrogen-bond acceptors (Lipinski definition) is 3. The first-order chi connectivity index (χ1) is 7.21. The molecule has 1 aromatic rings. The van der Waals surface area contributed by atoms with E-state index in [-0.39, 0.29) is 6.29 Å². The third kappa shape index (κ3) is 3.30. The summed E-state index contributed by atoms with van der Waals surface area (Å²) < 4.78 is 15.5. The smallest absolute Gasteiger partial charge is 0.183 e. The first-order valence-electron chi connectivity index (χ1n) is 4.86. The highest BCUT2D eigenvalue weighted by Crippen LogP contribution is 2.20. The molecule has 3 nitrogen and oxygen atoms in total. The third-order valence-electron chi connectivity index (χ3n) is 2.17. The first kappa shape index (κ1) is 12.2. The van der Waals surface area contributed by atoms with E-state index in [1.807, 2.05) is 13.0 Å². The van der Waals surface area contributed by atoms with Gasteiger partial charge in [0, 0.05) is 26.9 Å². The van der Waals surface area contributed by atoms with E-state index in [2.05, 4.69) is 12.1 Å². The van der Waals surface area contributed by atoms with Crippen LogP contribution in [0.1, 0.15) is 23.0 Å². The zero-order valence-electron chi connectivity index (χ0n) is 9.74. The topological polar surface area (TPSA) is 27.7 Å². The molecule has 0 saturated carbocycles. The molecule has 0 N–H and O–H groups in total. The molecule has 3 heteroatoms. The Kier molecular flexibility index (Phi) is 4.75. The number of methoxy groups -OCH3 is 3. The minimum atomic E-state index is -0.305. The van der Waals surface area contributed by atoms with Crippen LogP contribution in [0.5, 0.6) is 0 Å². The van der Waals surface area contributed by atoms with Crippen molar-refractivity contribution in [2.24, 2.45) is 0 Å². The van der Waals surface area contributed by atoms with Gasteiger partial charge in [-0.25, -0.2) is 0 Å². The van der Waals surface area contributed by atoms with E-state index in [9.17, 15) is 0 Å². The molecular weight excluding hydrogens is 192 g/mol. The van der Waals surface area contributed by atoms with Crippen molar-refractivity contribution in [2.75, 3.05) is 21.3 Å². The standard InChI is InChI=1S/C12H18O3/c1-9-5-10(8-13-2)7-11(6-9)12(14-3)15-4/h5-7,12H,8H2,1-4H3. The summed E-state index contributed by atoms with van der Waals surface area (Å²) >= 11 is 0. The van der Waals surface area contributed by atoms with E-state index >= 15 is 0 Å². The number of benzene rings is 1. The predicted molar refractivity (Wildman–Crippen MR) is 58.7 cm³/mol. The van der Waals surface area contributed by atoms with E-state index in [0.717, 1.165) is 11.1 Å².